The molecule has 1 heterocycles. The standard InChI is InChI=1S/C33H39N3O2/c1-3-10-30-35-32-23(2)11-9-16-29(32)36(30)21-24-17-19-27(20-18-24)31(26-14-7-8-15-26)33(38)34-28(22-37)25-12-5-4-6-13-25/h4-6,9,11-13,16-20,26,28,31,37H,3,7-8,10,14-15,21-22H2,1-2H3,(H,34,38). The van der Waals surface area contributed by atoms with Crippen LogP contribution >= 0.6 is 0 Å². The van der Waals surface area contributed by atoms with Crippen molar-refractivity contribution in [3.63, 3.8) is 0 Å². The van der Waals surface area contributed by atoms with E-state index in [0.29, 0.717) is 5.92 Å². The third-order valence-corrected chi connectivity index (χ3v) is 8.07. The summed E-state index contributed by atoms with van der Waals surface area (Å²) >= 11 is 0. The first-order valence-electron chi connectivity index (χ1n) is 14.1. The Kier molecular flexibility index (Phi) is 8.23. The van der Waals surface area contributed by atoms with Crippen LogP contribution in [0.4, 0.5) is 0 Å². The SMILES string of the molecule is CCCc1nc2c(C)cccc2n1Cc1ccc(C(C(=O)NC(CO)c2ccccc2)C2CCCC2)cc1. The molecule has 2 N–H and O–H groups in total. The molecule has 0 saturated heterocycles. The molecule has 1 saturated carbocycles. The van der Waals surface area contributed by atoms with Gasteiger partial charge in [0.1, 0.15) is 5.82 Å². The van der Waals surface area contributed by atoms with Gasteiger partial charge in [-0.2, -0.15) is 0 Å². The minimum atomic E-state index is -0.401. The highest BCUT2D eigenvalue weighted by molar-refractivity contribution is 5.84. The van der Waals surface area contributed by atoms with Crippen molar-refractivity contribution >= 4 is 16.9 Å². The van der Waals surface area contributed by atoms with E-state index in [1.165, 1.54) is 29.5 Å². The van der Waals surface area contributed by atoms with Gasteiger partial charge in [-0.3, -0.25) is 4.79 Å². The van der Waals surface area contributed by atoms with Crippen LogP contribution in [-0.4, -0.2) is 27.2 Å². The molecule has 1 aliphatic carbocycles. The summed E-state index contributed by atoms with van der Waals surface area (Å²) in [6.45, 7) is 4.96. The second-order valence-corrected chi connectivity index (χ2v) is 10.7. The summed E-state index contributed by atoms with van der Waals surface area (Å²) in [5.74, 6) is 1.25. The fourth-order valence-corrected chi connectivity index (χ4v) is 6.05. The number of carbonyl (C=O) groups excluding carboxylic acids is 1. The lowest BCUT2D eigenvalue weighted by Crippen LogP contribution is -2.37. The second kappa shape index (κ2) is 12.0. The zero-order valence-electron chi connectivity index (χ0n) is 22.6. The number of aromatic nitrogens is 2. The molecule has 5 rings (SSSR count). The quantitative estimate of drug-likeness (QED) is 0.257. The third-order valence-electron chi connectivity index (χ3n) is 8.07. The van der Waals surface area contributed by atoms with Crippen LogP contribution in [0.3, 0.4) is 0 Å². The van der Waals surface area contributed by atoms with Gasteiger partial charge in [0.25, 0.3) is 0 Å². The van der Waals surface area contributed by atoms with Crippen LogP contribution in [0.5, 0.6) is 0 Å². The zero-order valence-corrected chi connectivity index (χ0v) is 22.6. The molecule has 2 atom stereocenters. The molecule has 0 radical (unpaired) electrons. The van der Waals surface area contributed by atoms with Crippen molar-refractivity contribution in [3.8, 4) is 0 Å². The molecule has 4 aromatic rings. The van der Waals surface area contributed by atoms with Crippen molar-refractivity contribution in [2.24, 2.45) is 5.92 Å². The van der Waals surface area contributed by atoms with E-state index in [0.717, 1.165) is 54.7 Å². The molecule has 1 amide bonds. The number of amides is 1. The lowest BCUT2D eigenvalue weighted by molar-refractivity contribution is -0.124. The number of aliphatic hydroxyl groups excluding tert-OH is 1. The van der Waals surface area contributed by atoms with Gasteiger partial charge in [-0.15, -0.1) is 0 Å². The van der Waals surface area contributed by atoms with E-state index in [4.69, 9.17) is 4.98 Å². The minimum Gasteiger partial charge on any atom is -0.394 e. The predicted molar refractivity (Wildman–Crippen MR) is 153 cm³/mol. The number of rotatable bonds is 10. The maximum absolute atomic E-state index is 13.7. The maximum atomic E-state index is 13.7. The number of nitrogens with one attached hydrogen (secondary N) is 1. The molecule has 198 valence electrons. The molecule has 5 nitrogen and oxygen atoms in total. The molecule has 0 spiro atoms. The number of imidazole rings is 1. The van der Waals surface area contributed by atoms with Crippen molar-refractivity contribution in [1.29, 1.82) is 0 Å². The fourth-order valence-electron chi connectivity index (χ4n) is 6.05. The normalized spacial score (nSPS) is 15.6. The highest BCUT2D eigenvalue weighted by Gasteiger charge is 2.33. The molecule has 2 unspecified atom stereocenters. The van der Waals surface area contributed by atoms with Crippen molar-refractivity contribution in [2.45, 2.75) is 70.9 Å². The smallest absolute Gasteiger partial charge is 0.228 e. The van der Waals surface area contributed by atoms with E-state index >= 15 is 0 Å². The van der Waals surface area contributed by atoms with Gasteiger partial charge in [0.2, 0.25) is 5.91 Å². The predicted octanol–water partition coefficient (Wildman–Crippen LogP) is 6.47. The van der Waals surface area contributed by atoms with E-state index in [2.05, 4.69) is 66.2 Å². The summed E-state index contributed by atoms with van der Waals surface area (Å²) in [6.07, 6.45) is 6.47. The van der Waals surface area contributed by atoms with E-state index in [1.54, 1.807) is 0 Å². The third kappa shape index (κ3) is 5.53. The number of benzene rings is 3. The molecular formula is C33H39N3O2. The first kappa shape index (κ1) is 26.2. The molecule has 0 bridgehead atoms. The van der Waals surface area contributed by atoms with Crippen molar-refractivity contribution < 1.29 is 9.90 Å². The van der Waals surface area contributed by atoms with Crippen LogP contribution in [0.25, 0.3) is 11.0 Å². The number of aliphatic hydroxyl groups is 1. The van der Waals surface area contributed by atoms with Crippen molar-refractivity contribution in [3.05, 3.63) is 101 Å². The Morgan fingerprint density at radius 3 is 2.42 bits per heavy atom. The second-order valence-electron chi connectivity index (χ2n) is 10.7. The summed E-state index contributed by atoms with van der Waals surface area (Å²) in [6, 6.07) is 24.3. The maximum Gasteiger partial charge on any atom is 0.228 e. The van der Waals surface area contributed by atoms with Gasteiger partial charge >= 0.3 is 0 Å². The van der Waals surface area contributed by atoms with Crippen LogP contribution in [0.1, 0.15) is 79.1 Å². The molecule has 5 heteroatoms. The Balaban J connectivity index is 1.40. The number of para-hydroxylation sites is 1. The van der Waals surface area contributed by atoms with Crippen molar-refractivity contribution in [1.82, 2.24) is 14.9 Å². The lowest BCUT2D eigenvalue weighted by Gasteiger charge is -2.26. The van der Waals surface area contributed by atoms with E-state index in [1.807, 2.05) is 30.3 Å². The van der Waals surface area contributed by atoms with Crippen molar-refractivity contribution in [2.75, 3.05) is 6.61 Å². The number of aryl methyl sites for hydroxylation is 2. The van der Waals surface area contributed by atoms with Crippen LogP contribution in [0.15, 0.2) is 72.8 Å². The Bertz CT molecular complexity index is 1350. The highest BCUT2D eigenvalue weighted by atomic mass is 16.3. The molecule has 1 fully saturated rings. The zero-order chi connectivity index (χ0) is 26.5. The van der Waals surface area contributed by atoms with Gasteiger partial charge in [-0.1, -0.05) is 86.5 Å². The fraction of sp³-hybridized carbons (Fsp3) is 0.394. The van der Waals surface area contributed by atoms with Crippen LogP contribution in [0, 0.1) is 12.8 Å². The number of carbonyl (C=O) groups is 1. The number of hydrogen-bond acceptors (Lipinski definition) is 3. The molecule has 1 aliphatic rings. The minimum absolute atomic E-state index is 0.00821. The van der Waals surface area contributed by atoms with Crippen LogP contribution < -0.4 is 5.32 Å². The topological polar surface area (TPSA) is 67.2 Å². The van der Waals surface area contributed by atoms with E-state index in [-0.39, 0.29) is 18.4 Å². The van der Waals surface area contributed by atoms with Gasteiger partial charge in [0, 0.05) is 13.0 Å². The highest BCUT2D eigenvalue weighted by Crippen LogP contribution is 2.38. The first-order valence-corrected chi connectivity index (χ1v) is 14.1. The van der Waals surface area contributed by atoms with Gasteiger partial charge in [-0.05, 0) is 60.4 Å². The average molecular weight is 510 g/mol. The summed E-state index contributed by atoms with van der Waals surface area (Å²) in [5, 5.41) is 13.2. The van der Waals surface area contributed by atoms with Gasteiger partial charge in [0.15, 0.2) is 0 Å². The monoisotopic (exact) mass is 509 g/mol. The molecule has 0 aliphatic heterocycles. The molecular weight excluding hydrogens is 470 g/mol. The Hall–Kier alpha value is -3.44. The Labute approximate surface area is 225 Å². The van der Waals surface area contributed by atoms with Crippen LogP contribution in [-0.2, 0) is 17.8 Å². The summed E-state index contributed by atoms with van der Waals surface area (Å²) < 4.78 is 2.34. The summed E-state index contributed by atoms with van der Waals surface area (Å²) in [5.41, 5.74) is 6.66. The Morgan fingerprint density at radius 1 is 1.00 bits per heavy atom. The van der Waals surface area contributed by atoms with Gasteiger partial charge < -0.3 is 15.0 Å². The number of fused-ring (bicyclic) bond motifs is 1. The first-order chi connectivity index (χ1) is 18.6. The molecule has 1 aromatic heterocycles. The van der Waals surface area contributed by atoms with Gasteiger partial charge in [-0.25, -0.2) is 4.98 Å². The van der Waals surface area contributed by atoms with Crippen LogP contribution in [0.2, 0.25) is 0 Å². The summed E-state index contributed by atoms with van der Waals surface area (Å²) in [7, 11) is 0. The number of hydrogen-bond donors (Lipinski definition) is 2. The van der Waals surface area contributed by atoms with Gasteiger partial charge in [0.05, 0.1) is 29.6 Å². The lowest BCUT2D eigenvalue weighted by atomic mass is 9.83. The van der Waals surface area contributed by atoms with E-state index < -0.39 is 6.04 Å². The summed E-state index contributed by atoms with van der Waals surface area (Å²) in [4.78, 5) is 18.6. The molecule has 38 heavy (non-hydrogen) atoms. The molecule has 3 aromatic carbocycles. The Morgan fingerprint density at radius 2 is 1.74 bits per heavy atom. The average Bonchev–Trinajstić information content (AvgIpc) is 3.59. The van der Waals surface area contributed by atoms with E-state index in [9.17, 15) is 9.90 Å². The number of nitrogens with zero attached hydrogens (tertiary/aromatic N) is 2. The largest absolute Gasteiger partial charge is 0.394 e.